The maximum absolute atomic E-state index is 10.8. The van der Waals surface area contributed by atoms with Crippen molar-refractivity contribution in [2.24, 2.45) is 0 Å². The van der Waals surface area contributed by atoms with Crippen LogP contribution in [0.1, 0.15) is 19.0 Å². The molecule has 0 saturated heterocycles. The summed E-state index contributed by atoms with van der Waals surface area (Å²) in [5, 5.41) is 9.54. The van der Waals surface area contributed by atoms with Crippen LogP contribution in [-0.4, -0.2) is 15.9 Å². The summed E-state index contributed by atoms with van der Waals surface area (Å²) in [5.74, 6) is -0.0729. The van der Waals surface area contributed by atoms with Crippen molar-refractivity contribution in [2.75, 3.05) is 0 Å². The molecule has 0 aliphatic rings. The summed E-state index contributed by atoms with van der Waals surface area (Å²) in [6, 6.07) is 13.9. The molecule has 0 aliphatic heterocycles. The van der Waals surface area contributed by atoms with Crippen LogP contribution in [0.2, 0.25) is 0 Å². The lowest BCUT2D eigenvalue weighted by Gasteiger charge is -2.05. The Labute approximate surface area is 138 Å². The van der Waals surface area contributed by atoms with Gasteiger partial charge in [-0.1, -0.05) is 34.1 Å². The number of nitrogens with zero attached hydrogens (tertiary/aromatic N) is 1. The lowest BCUT2D eigenvalue weighted by Crippen LogP contribution is -1.95. The van der Waals surface area contributed by atoms with Crippen molar-refractivity contribution >= 4 is 21.7 Å². The van der Waals surface area contributed by atoms with Crippen LogP contribution < -0.4 is 0 Å². The van der Waals surface area contributed by atoms with Gasteiger partial charge in [0.25, 0.3) is 0 Å². The third-order valence-electron chi connectivity index (χ3n) is 3.00. The van der Waals surface area contributed by atoms with Gasteiger partial charge in [-0.3, -0.25) is 9.78 Å². The third kappa shape index (κ3) is 5.11. The van der Waals surface area contributed by atoms with Crippen molar-refractivity contribution < 1.29 is 9.90 Å². The largest absolute Gasteiger partial charge is 0.512 e. The Kier molecular flexibility index (Phi) is 5.90. The molecule has 0 amide bonds. The van der Waals surface area contributed by atoms with Crippen LogP contribution in [0.5, 0.6) is 0 Å². The van der Waals surface area contributed by atoms with Gasteiger partial charge in [0.2, 0.25) is 0 Å². The average molecular weight is 359 g/mol. The van der Waals surface area contributed by atoms with Crippen LogP contribution in [0.15, 0.2) is 58.8 Å². The maximum Gasteiger partial charge on any atom is 0.155 e. The van der Waals surface area contributed by atoms with Crippen LogP contribution in [0.4, 0.5) is 0 Å². The number of hydrogen-bond donors (Lipinski definition) is 1. The summed E-state index contributed by atoms with van der Waals surface area (Å²) in [7, 11) is 0. The van der Waals surface area contributed by atoms with Crippen molar-refractivity contribution in [3.8, 4) is 11.3 Å². The Morgan fingerprint density at radius 1 is 1.27 bits per heavy atom. The second-order valence-electron chi connectivity index (χ2n) is 4.97. The quantitative estimate of drug-likeness (QED) is 0.602. The topological polar surface area (TPSA) is 50.2 Å². The summed E-state index contributed by atoms with van der Waals surface area (Å²) >= 11 is 3.46. The van der Waals surface area contributed by atoms with E-state index < -0.39 is 0 Å². The third-order valence-corrected chi connectivity index (χ3v) is 3.50. The SMILES string of the molecule is CC(=O)/C=C(\O)C[CH]Cc1cccc(-c2cccc(Br)c2)n1. The van der Waals surface area contributed by atoms with Crippen LogP contribution in [0.3, 0.4) is 0 Å². The van der Waals surface area contributed by atoms with Gasteiger partial charge in [-0.25, -0.2) is 0 Å². The van der Waals surface area contributed by atoms with Crippen molar-refractivity contribution in [3.05, 3.63) is 70.9 Å². The first-order valence-corrected chi connectivity index (χ1v) is 7.77. The molecule has 1 aromatic carbocycles. The highest BCUT2D eigenvalue weighted by atomic mass is 79.9. The molecule has 3 nitrogen and oxygen atoms in total. The molecule has 113 valence electrons. The van der Waals surface area contributed by atoms with Gasteiger partial charge in [0, 0.05) is 28.2 Å². The molecule has 0 atom stereocenters. The Bertz CT molecular complexity index is 695. The van der Waals surface area contributed by atoms with Gasteiger partial charge < -0.3 is 5.11 Å². The fourth-order valence-corrected chi connectivity index (χ4v) is 2.46. The monoisotopic (exact) mass is 358 g/mol. The Hall–Kier alpha value is -1.94. The minimum Gasteiger partial charge on any atom is -0.512 e. The number of aromatic nitrogens is 1. The predicted octanol–water partition coefficient (Wildman–Crippen LogP) is 4.68. The maximum atomic E-state index is 10.8. The smallest absolute Gasteiger partial charge is 0.155 e. The van der Waals surface area contributed by atoms with Crippen molar-refractivity contribution in [3.63, 3.8) is 0 Å². The summed E-state index contributed by atoms with van der Waals surface area (Å²) in [5.41, 5.74) is 2.89. The first-order chi connectivity index (χ1) is 10.5. The zero-order valence-electron chi connectivity index (χ0n) is 12.3. The first-order valence-electron chi connectivity index (χ1n) is 6.98. The second kappa shape index (κ2) is 7.90. The molecule has 22 heavy (non-hydrogen) atoms. The number of hydrogen-bond acceptors (Lipinski definition) is 3. The molecule has 1 aromatic heterocycles. The molecule has 2 rings (SSSR count). The number of carbonyl (C=O) groups excluding carboxylic acids is 1. The van der Waals surface area contributed by atoms with E-state index in [1.807, 2.05) is 48.9 Å². The summed E-state index contributed by atoms with van der Waals surface area (Å²) in [6.45, 7) is 1.42. The molecule has 0 unspecified atom stereocenters. The van der Waals surface area contributed by atoms with E-state index in [1.165, 1.54) is 13.0 Å². The van der Waals surface area contributed by atoms with Crippen LogP contribution in [0.25, 0.3) is 11.3 Å². The number of aliphatic hydroxyl groups excluding tert-OH is 1. The van der Waals surface area contributed by atoms with E-state index in [9.17, 15) is 9.90 Å². The normalized spacial score (nSPS) is 11.5. The van der Waals surface area contributed by atoms with Crippen molar-refractivity contribution in [1.29, 1.82) is 0 Å². The van der Waals surface area contributed by atoms with E-state index in [0.717, 1.165) is 21.4 Å². The number of benzene rings is 1. The molecule has 1 radical (unpaired) electrons. The first kappa shape index (κ1) is 16.4. The highest BCUT2D eigenvalue weighted by Crippen LogP contribution is 2.21. The molecule has 0 fully saturated rings. The highest BCUT2D eigenvalue weighted by molar-refractivity contribution is 9.10. The van der Waals surface area contributed by atoms with E-state index in [-0.39, 0.29) is 11.5 Å². The Morgan fingerprint density at radius 2 is 2.05 bits per heavy atom. The number of carbonyl (C=O) groups is 1. The standard InChI is InChI=1S/C18H17BrNO2/c1-13(21)11-17(22)9-3-7-16-8-4-10-18(20-16)14-5-2-6-15(19)12-14/h2-6,8,10-12,22H,7,9H2,1H3/b17-11-. The van der Waals surface area contributed by atoms with Gasteiger partial charge in [0.05, 0.1) is 11.5 Å². The summed E-state index contributed by atoms with van der Waals surface area (Å²) in [6.07, 6.45) is 4.14. The van der Waals surface area contributed by atoms with Gasteiger partial charge in [-0.15, -0.1) is 0 Å². The number of rotatable bonds is 6. The summed E-state index contributed by atoms with van der Waals surface area (Å²) < 4.78 is 1.02. The fourth-order valence-electron chi connectivity index (χ4n) is 2.06. The van der Waals surface area contributed by atoms with Crippen LogP contribution in [-0.2, 0) is 11.2 Å². The van der Waals surface area contributed by atoms with Gasteiger partial charge in [0.1, 0.15) is 0 Å². The number of halogens is 1. The molecule has 0 saturated carbocycles. The van der Waals surface area contributed by atoms with E-state index in [1.54, 1.807) is 0 Å². The molecule has 1 heterocycles. The Balaban J connectivity index is 2.02. The van der Waals surface area contributed by atoms with E-state index in [0.29, 0.717) is 12.8 Å². The van der Waals surface area contributed by atoms with Gasteiger partial charge in [-0.2, -0.15) is 0 Å². The minimum absolute atomic E-state index is 0.0793. The van der Waals surface area contributed by atoms with Gasteiger partial charge in [-0.05, 0) is 44.0 Å². The molecular weight excluding hydrogens is 342 g/mol. The number of ketones is 1. The van der Waals surface area contributed by atoms with Gasteiger partial charge >= 0.3 is 0 Å². The zero-order chi connectivity index (χ0) is 15.9. The van der Waals surface area contributed by atoms with E-state index in [4.69, 9.17) is 0 Å². The van der Waals surface area contributed by atoms with Crippen molar-refractivity contribution in [1.82, 2.24) is 4.98 Å². The molecule has 4 heteroatoms. The minimum atomic E-state index is -0.152. The molecule has 2 aromatic rings. The molecule has 0 bridgehead atoms. The second-order valence-corrected chi connectivity index (χ2v) is 5.88. The number of pyridine rings is 1. The number of aliphatic hydroxyl groups is 1. The lowest BCUT2D eigenvalue weighted by molar-refractivity contribution is -0.112. The molecule has 1 N–H and O–H groups in total. The molecule has 0 aliphatic carbocycles. The number of allylic oxidation sites excluding steroid dienone is 2. The van der Waals surface area contributed by atoms with Crippen LogP contribution >= 0.6 is 15.9 Å². The fraction of sp³-hybridized carbons (Fsp3) is 0.167. The average Bonchev–Trinajstić information content (AvgIpc) is 2.47. The lowest BCUT2D eigenvalue weighted by atomic mass is 10.1. The predicted molar refractivity (Wildman–Crippen MR) is 91.4 cm³/mol. The molecular formula is C18H17BrNO2. The van der Waals surface area contributed by atoms with E-state index >= 15 is 0 Å². The molecule has 0 spiro atoms. The van der Waals surface area contributed by atoms with Crippen LogP contribution in [0, 0.1) is 6.42 Å². The van der Waals surface area contributed by atoms with Gasteiger partial charge in [0.15, 0.2) is 5.78 Å². The zero-order valence-corrected chi connectivity index (χ0v) is 13.9. The van der Waals surface area contributed by atoms with E-state index in [2.05, 4.69) is 20.9 Å². The Morgan fingerprint density at radius 3 is 2.77 bits per heavy atom. The highest BCUT2D eigenvalue weighted by Gasteiger charge is 2.03. The summed E-state index contributed by atoms with van der Waals surface area (Å²) in [4.78, 5) is 15.5. The van der Waals surface area contributed by atoms with Crippen molar-refractivity contribution in [2.45, 2.75) is 19.8 Å².